The third-order valence-electron chi connectivity index (χ3n) is 4.34. The molecule has 2 atom stereocenters. The molecule has 0 spiro atoms. The summed E-state index contributed by atoms with van der Waals surface area (Å²) in [6, 6.07) is 10.3. The van der Waals surface area contributed by atoms with Crippen LogP contribution in [0.25, 0.3) is 11.1 Å². The summed E-state index contributed by atoms with van der Waals surface area (Å²) < 4.78 is 16.6. The van der Waals surface area contributed by atoms with E-state index < -0.39 is 5.41 Å². The Balaban J connectivity index is 1.99. The monoisotopic (exact) mass is 319 g/mol. The van der Waals surface area contributed by atoms with E-state index in [-0.39, 0.29) is 0 Å². The maximum atomic E-state index is 14.6. The van der Waals surface area contributed by atoms with Crippen molar-refractivity contribution in [2.45, 2.75) is 31.2 Å². The highest BCUT2D eigenvalue weighted by atomic mass is 31.0. The fourth-order valence-electron chi connectivity index (χ4n) is 3.03. The molecule has 0 aliphatic carbocycles. The molecule has 0 saturated carbocycles. The van der Waals surface area contributed by atoms with Gasteiger partial charge < -0.3 is 4.90 Å². The molecule has 0 N–H and O–H groups in total. The third-order valence-corrected chi connectivity index (χ3v) is 4.62. The Morgan fingerprint density at radius 2 is 1.86 bits per heavy atom. The molecule has 1 aliphatic rings. The highest BCUT2D eigenvalue weighted by Gasteiger charge is 2.29. The average Bonchev–Trinajstić information content (AvgIpc) is 2.94. The standard InChI is InChI=1S/C17H23FN3P/c1-17(18,22)16-15(13-6-4-3-5-7-13)12-21(19-16)14-8-10-20(2)11-9-14/h3-7,12,14H,8-11,22H2,1-2H3. The van der Waals surface area contributed by atoms with Gasteiger partial charge in [0.2, 0.25) is 0 Å². The summed E-state index contributed by atoms with van der Waals surface area (Å²) >= 11 is 0. The predicted molar refractivity (Wildman–Crippen MR) is 91.6 cm³/mol. The quantitative estimate of drug-likeness (QED) is 0.802. The van der Waals surface area contributed by atoms with Gasteiger partial charge in [0, 0.05) is 11.8 Å². The molecule has 1 aromatic carbocycles. The highest BCUT2D eigenvalue weighted by molar-refractivity contribution is 7.18. The highest BCUT2D eigenvalue weighted by Crippen LogP contribution is 2.39. The first kappa shape index (κ1) is 15.6. The first-order valence-electron chi connectivity index (χ1n) is 7.76. The van der Waals surface area contributed by atoms with Crippen LogP contribution >= 0.6 is 9.24 Å². The van der Waals surface area contributed by atoms with Gasteiger partial charge in [-0.05, 0) is 45.5 Å². The van der Waals surface area contributed by atoms with Gasteiger partial charge in [-0.25, -0.2) is 4.39 Å². The first-order chi connectivity index (χ1) is 10.4. The summed E-state index contributed by atoms with van der Waals surface area (Å²) in [7, 11) is 4.41. The second kappa shape index (κ2) is 6.10. The van der Waals surface area contributed by atoms with Crippen LogP contribution < -0.4 is 0 Å². The van der Waals surface area contributed by atoms with Gasteiger partial charge >= 0.3 is 0 Å². The first-order valence-corrected chi connectivity index (χ1v) is 8.34. The molecule has 118 valence electrons. The van der Waals surface area contributed by atoms with Crippen LogP contribution in [0.3, 0.4) is 0 Å². The lowest BCUT2D eigenvalue weighted by atomic mass is 10.0. The van der Waals surface area contributed by atoms with E-state index in [4.69, 9.17) is 0 Å². The van der Waals surface area contributed by atoms with Gasteiger partial charge in [-0.2, -0.15) is 5.10 Å². The van der Waals surface area contributed by atoms with Crippen molar-refractivity contribution in [2.75, 3.05) is 20.1 Å². The van der Waals surface area contributed by atoms with Crippen LogP contribution in [-0.4, -0.2) is 34.8 Å². The second-order valence-corrected chi connectivity index (χ2v) is 7.43. The molecule has 0 amide bonds. The molecule has 1 aliphatic heterocycles. The fourth-order valence-corrected chi connectivity index (χ4v) is 3.24. The van der Waals surface area contributed by atoms with Crippen LogP contribution in [0.2, 0.25) is 0 Å². The van der Waals surface area contributed by atoms with Crippen LogP contribution in [0.15, 0.2) is 36.5 Å². The molecule has 3 nitrogen and oxygen atoms in total. The molecule has 1 aromatic heterocycles. The average molecular weight is 319 g/mol. The molecule has 22 heavy (non-hydrogen) atoms. The molecular weight excluding hydrogens is 296 g/mol. The van der Waals surface area contributed by atoms with Crippen molar-refractivity contribution in [1.82, 2.24) is 14.7 Å². The molecule has 2 heterocycles. The molecule has 1 fully saturated rings. The Morgan fingerprint density at radius 3 is 2.45 bits per heavy atom. The lowest BCUT2D eigenvalue weighted by molar-refractivity contribution is 0.210. The summed E-state index contributed by atoms with van der Waals surface area (Å²) in [6.45, 7) is 3.67. The third kappa shape index (κ3) is 3.23. The van der Waals surface area contributed by atoms with Crippen molar-refractivity contribution in [2.24, 2.45) is 0 Å². The zero-order chi connectivity index (χ0) is 15.7. The Hall–Kier alpha value is -1.25. The largest absolute Gasteiger partial charge is 0.306 e. The smallest absolute Gasteiger partial charge is 0.164 e. The van der Waals surface area contributed by atoms with E-state index in [0.29, 0.717) is 11.7 Å². The number of piperidine rings is 1. The molecule has 0 bridgehead atoms. The van der Waals surface area contributed by atoms with Gasteiger partial charge in [0.25, 0.3) is 0 Å². The summed E-state index contributed by atoms with van der Waals surface area (Å²) in [5.74, 6) is 0. The van der Waals surface area contributed by atoms with Crippen molar-refractivity contribution in [1.29, 1.82) is 0 Å². The summed E-state index contributed by atoms with van der Waals surface area (Å²) in [5.41, 5.74) is 2.41. The van der Waals surface area contributed by atoms with E-state index in [9.17, 15) is 4.39 Å². The van der Waals surface area contributed by atoms with E-state index >= 15 is 0 Å². The van der Waals surface area contributed by atoms with E-state index in [1.54, 1.807) is 6.92 Å². The van der Waals surface area contributed by atoms with Gasteiger partial charge in [0.1, 0.15) is 5.69 Å². The number of aromatic nitrogens is 2. The van der Waals surface area contributed by atoms with Gasteiger partial charge in [-0.1, -0.05) is 39.6 Å². The predicted octanol–water partition coefficient (Wildman–Crippen LogP) is 3.83. The van der Waals surface area contributed by atoms with Gasteiger partial charge in [-0.15, -0.1) is 0 Å². The van der Waals surface area contributed by atoms with E-state index in [1.165, 1.54) is 0 Å². The molecule has 1 saturated heterocycles. The minimum Gasteiger partial charge on any atom is -0.306 e. The van der Waals surface area contributed by atoms with Crippen LogP contribution in [-0.2, 0) is 5.41 Å². The molecule has 5 heteroatoms. The van der Waals surface area contributed by atoms with Gasteiger partial charge in [0.15, 0.2) is 5.41 Å². The Morgan fingerprint density at radius 1 is 1.23 bits per heavy atom. The Bertz CT molecular complexity index is 625. The zero-order valence-electron chi connectivity index (χ0n) is 13.2. The Kier molecular flexibility index (Phi) is 4.33. The molecule has 2 unspecified atom stereocenters. The summed E-state index contributed by atoms with van der Waals surface area (Å²) in [5, 5.41) is 3.08. The van der Waals surface area contributed by atoms with Crippen molar-refractivity contribution >= 4 is 9.24 Å². The number of hydrogen-bond acceptors (Lipinski definition) is 2. The fraction of sp³-hybridized carbons (Fsp3) is 0.471. The topological polar surface area (TPSA) is 21.1 Å². The SMILES string of the molecule is CN1CCC(n2cc(-c3ccccc3)c(C(C)(F)P)n2)CC1. The number of nitrogens with zero attached hydrogens (tertiary/aromatic N) is 3. The van der Waals surface area contributed by atoms with E-state index in [1.807, 2.05) is 41.2 Å². The van der Waals surface area contributed by atoms with Gasteiger partial charge in [-0.3, -0.25) is 4.68 Å². The summed E-state index contributed by atoms with van der Waals surface area (Å²) in [6.07, 6.45) is 4.14. The van der Waals surface area contributed by atoms with Crippen LogP contribution in [0, 0.1) is 0 Å². The molecule has 2 aromatic rings. The lowest BCUT2D eigenvalue weighted by Crippen LogP contribution is -2.31. The molecule has 0 radical (unpaired) electrons. The van der Waals surface area contributed by atoms with Gasteiger partial charge in [0.05, 0.1) is 6.04 Å². The van der Waals surface area contributed by atoms with Crippen molar-refractivity contribution in [3.63, 3.8) is 0 Å². The maximum Gasteiger partial charge on any atom is 0.164 e. The zero-order valence-corrected chi connectivity index (χ0v) is 14.3. The van der Waals surface area contributed by atoms with Crippen molar-refractivity contribution < 1.29 is 4.39 Å². The summed E-state index contributed by atoms with van der Waals surface area (Å²) in [4.78, 5) is 2.33. The number of halogens is 1. The van der Waals surface area contributed by atoms with Crippen LogP contribution in [0.1, 0.15) is 31.5 Å². The number of rotatable bonds is 3. The Labute approximate surface area is 133 Å². The number of hydrogen-bond donors (Lipinski definition) is 0. The second-order valence-electron chi connectivity index (χ2n) is 6.35. The normalized spacial score (nSPS) is 20.0. The molecule has 3 rings (SSSR count). The van der Waals surface area contributed by atoms with Crippen LogP contribution in [0.4, 0.5) is 4.39 Å². The minimum atomic E-state index is -1.53. The number of alkyl halides is 1. The number of likely N-dealkylation sites (tertiary alicyclic amines) is 1. The minimum absolute atomic E-state index is 0.361. The molecular formula is C17H23FN3P. The van der Waals surface area contributed by atoms with Crippen molar-refractivity contribution in [3.05, 3.63) is 42.2 Å². The van der Waals surface area contributed by atoms with E-state index in [2.05, 4.69) is 26.3 Å². The maximum absolute atomic E-state index is 14.6. The van der Waals surface area contributed by atoms with E-state index in [0.717, 1.165) is 37.1 Å². The number of benzene rings is 1. The van der Waals surface area contributed by atoms with Crippen molar-refractivity contribution in [3.8, 4) is 11.1 Å². The van der Waals surface area contributed by atoms with Crippen LogP contribution in [0.5, 0.6) is 0 Å². The lowest BCUT2D eigenvalue weighted by Gasteiger charge is -2.29.